The molecule has 15 heavy (non-hydrogen) atoms. The molecule has 1 amide bonds. The lowest BCUT2D eigenvalue weighted by Crippen LogP contribution is -2.41. The Morgan fingerprint density at radius 2 is 2.13 bits per heavy atom. The highest BCUT2D eigenvalue weighted by molar-refractivity contribution is 7.99. The number of ether oxygens (including phenoxy) is 1. The molecule has 88 valence electrons. The van der Waals surface area contributed by atoms with Gasteiger partial charge in [-0.3, -0.25) is 9.59 Å². The molecule has 6 heteroatoms. The van der Waals surface area contributed by atoms with Gasteiger partial charge in [-0.25, -0.2) is 0 Å². The van der Waals surface area contributed by atoms with Gasteiger partial charge in [-0.1, -0.05) is 0 Å². The summed E-state index contributed by atoms with van der Waals surface area (Å²) in [4.78, 5) is 23.5. The topological polar surface area (TPSA) is 66.8 Å². The summed E-state index contributed by atoms with van der Waals surface area (Å²) in [6.07, 6.45) is 1.82. The van der Waals surface area contributed by atoms with Crippen molar-refractivity contribution in [3.8, 4) is 0 Å². The number of carbonyl (C=O) groups is 2. The van der Waals surface area contributed by atoms with Crippen LogP contribution in [0, 0.1) is 0 Å². The van der Waals surface area contributed by atoms with Gasteiger partial charge >= 0.3 is 5.97 Å². The van der Waals surface area contributed by atoms with Crippen molar-refractivity contribution in [3.05, 3.63) is 0 Å². The van der Waals surface area contributed by atoms with Gasteiger partial charge in [0, 0.05) is 13.7 Å². The zero-order chi connectivity index (χ0) is 11.8. The molecule has 0 bridgehead atoms. The number of carboxylic acid groups (broad SMARTS) is 1. The van der Waals surface area contributed by atoms with Crippen molar-refractivity contribution in [1.82, 2.24) is 4.90 Å². The standard InChI is InChI=1S/C9H17NO4S/c1-7(15-3)9(13)10(4-5-14-2)6-8(11)12/h7H,4-6H2,1-3H3,(H,11,12). The van der Waals surface area contributed by atoms with E-state index in [1.807, 2.05) is 6.26 Å². The molecule has 0 saturated carbocycles. The first-order valence-electron chi connectivity index (χ1n) is 4.55. The fourth-order valence-electron chi connectivity index (χ4n) is 0.990. The number of hydrogen-bond acceptors (Lipinski definition) is 4. The van der Waals surface area contributed by atoms with E-state index in [0.29, 0.717) is 13.2 Å². The highest BCUT2D eigenvalue weighted by Crippen LogP contribution is 2.09. The van der Waals surface area contributed by atoms with Crippen LogP contribution in [0.1, 0.15) is 6.92 Å². The summed E-state index contributed by atoms with van der Waals surface area (Å²) >= 11 is 1.40. The number of amides is 1. The summed E-state index contributed by atoms with van der Waals surface area (Å²) in [6, 6.07) is 0. The van der Waals surface area contributed by atoms with Crippen LogP contribution in [0.5, 0.6) is 0 Å². The zero-order valence-electron chi connectivity index (χ0n) is 9.23. The molecule has 1 N–H and O–H groups in total. The van der Waals surface area contributed by atoms with Gasteiger partial charge in [-0.05, 0) is 13.2 Å². The Morgan fingerprint density at radius 1 is 1.53 bits per heavy atom. The van der Waals surface area contributed by atoms with Gasteiger partial charge in [0.05, 0.1) is 11.9 Å². The third-order valence-electron chi connectivity index (χ3n) is 1.90. The van der Waals surface area contributed by atoms with E-state index in [2.05, 4.69) is 0 Å². The number of aliphatic carboxylic acids is 1. The van der Waals surface area contributed by atoms with Gasteiger partial charge in [0.2, 0.25) is 5.91 Å². The van der Waals surface area contributed by atoms with Crippen LogP contribution in [-0.4, -0.2) is 60.2 Å². The number of carboxylic acids is 1. The summed E-state index contributed by atoms with van der Waals surface area (Å²) in [7, 11) is 1.52. The summed E-state index contributed by atoms with van der Waals surface area (Å²) < 4.78 is 4.82. The largest absolute Gasteiger partial charge is 0.480 e. The van der Waals surface area contributed by atoms with Crippen molar-refractivity contribution in [2.45, 2.75) is 12.2 Å². The smallest absolute Gasteiger partial charge is 0.323 e. The minimum atomic E-state index is -1.01. The van der Waals surface area contributed by atoms with Crippen LogP contribution < -0.4 is 0 Å². The Hall–Kier alpha value is -0.750. The maximum Gasteiger partial charge on any atom is 0.323 e. The van der Waals surface area contributed by atoms with Gasteiger partial charge in [0.1, 0.15) is 6.54 Å². The van der Waals surface area contributed by atoms with Crippen molar-refractivity contribution >= 4 is 23.6 Å². The van der Waals surface area contributed by atoms with Gasteiger partial charge in [0.15, 0.2) is 0 Å². The second-order valence-electron chi connectivity index (χ2n) is 3.02. The third-order valence-corrected chi connectivity index (χ3v) is 2.81. The van der Waals surface area contributed by atoms with E-state index >= 15 is 0 Å². The average Bonchev–Trinajstić information content (AvgIpc) is 2.21. The number of rotatable bonds is 7. The highest BCUT2D eigenvalue weighted by atomic mass is 32.2. The Bertz CT molecular complexity index is 222. The van der Waals surface area contributed by atoms with Gasteiger partial charge < -0.3 is 14.7 Å². The summed E-state index contributed by atoms with van der Waals surface area (Å²) in [5.41, 5.74) is 0. The molecule has 0 aliphatic carbocycles. The second-order valence-corrected chi connectivity index (χ2v) is 4.20. The number of thioether (sulfide) groups is 1. The van der Waals surface area contributed by atoms with Crippen LogP contribution in [-0.2, 0) is 14.3 Å². The van der Waals surface area contributed by atoms with E-state index in [0.717, 1.165) is 0 Å². The Labute approximate surface area is 93.8 Å². The predicted octanol–water partition coefficient (Wildman–Crippen LogP) is 0.297. The minimum Gasteiger partial charge on any atom is -0.480 e. The Kier molecular flexibility index (Phi) is 7.15. The monoisotopic (exact) mass is 235 g/mol. The van der Waals surface area contributed by atoms with E-state index in [1.54, 1.807) is 6.92 Å². The lowest BCUT2D eigenvalue weighted by molar-refractivity contribution is -0.144. The summed E-state index contributed by atoms with van der Waals surface area (Å²) in [6.45, 7) is 2.15. The number of nitrogens with zero attached hydrogens (tertiary/aromatic N) is 1. The summed E-state index contributed by atoms with van der Waals surface area (Å²) in [5.74, 6) is -1.17. The summed E-state index contributed by atoms with van der Waals surface area (Å²) in [5, 5.41) is 8.42. The van der Waals surface area contributed by atoms with Crippen molar-refractivity contribution in [1.29, 1.82) is 0 Å². The van der Waals surface area contributed by atoms with Crippen LogP contribution in [0.4, 0.5) is 0 Å². The van der Waals surface area contributed by atoms with Crippen LogP contribution in [0.15, 0.2) is 0 Å². The minimum absolute atomic E-state index is 0.165. The molecule has 0 aromatic rings. The molecule has 0 radical (unpaired) electrons. The fourth-order valence-corrected chi connectivity index (χ4v) is 1.34. The van der Waals surface area contributed by atoms with E-state index in [4.69, 9.17) is 9.84 Å². The zero-order valence-corrected chi connectivity index (χ0v) is 10.0. The van der Waals surface area contributed by atoms with Gasteiger partial charge in [0.25, 0.3) is 0 Å². The lowest BCUT2D eigenvalue weighted by atomic mass is 10.3. The number of hydrogen-bond donors (Lipinski definition) is 1. The number of methoxy groups -OCH3 is 1. The normalized spacial score (nSPS) is 12.2. The van der Waals surface area contributed by atoms with Crippen molar-refractivity contribution in [2.75, 3.05) is 33.1 Å². The lowest BCUT2D eigenvalue weighted by Gasteiger charge is -2.22. The van der Waals surface area contributed by atoms with E-state index < -0.39 is 5.97 Å². The maximum atomic E-state index is 11.7. The molecule has 0 rings (SSSR count). The van der Waals surface area contributed by atoms with Crippen LogP contribution in [0.2, 0.25) is 0 Å². The fraction of sp³-hybridized carbons (Fsp3) is 0.778. The van der Waals surface area contributed by atoms with Crippen LogP contribution in [0.25, 0.3) is 0 Å². The van der Waals surface area contributed by atoms with Crippen molar-refractivity contribution < 1.29 is 19.4 Å². The molecular formula is C9H17NO4S. The highest BCUT2D eigenvalue weighted by Gasteiger charge is 2.21. The average molecular weight is 235 g/mol. The van der Waals surface area contributed by atoms with Gasteiger partial charge in [-0.15, -0.1) is 0 Å². The van der Waals surface area contributed by atoms with E-state index in [1.165, 1.54) is 23.8 Å². The molecule has 0 aliphatic heterocycles. The molecule has 0 heterocycles. The molecular weight excluding hydrogens is 218 g/mol. The number of carbonyl (C=O) groups excluding carboxylic acids is 1. The predicted molar refractivity (Wildman–Crippen MR) is 59.1 cm³/mol. The maximum absolute atomic E-state index is 11.7. The molecule has 5 nitrogen and oxygen atoms in total. The SMILES string of the molecule is COCCN(CC(=O)O)C(=O)C(C)SC. The molecule has 1 unspecified atom stereocenters. The molecule has 1 atom stereocenters. The molecule has 0 fully saturated rings. The second kappa shape index (κ2) is 7.53. The Morgan fingerprint density at radius 3 is 2.53 bits per heavy atom. The Balaban J connectivity index is 4.32. The first kappa shape index (κ1) is 14.2. The van der Waals surface area contributed by atoms with Crippen molar-refractivity contribution in [2.24, 2.45) is 0 Å². The quantitative estimate of drug-likeness (QED) is 0.687. The molecule has 0 spiro atoms. The first-order chi connectivity index (χ1) is 7.02. The molecule has 0 saturated heterocycles. The van der Waals surface area contributed by atoms with E-state index in [-0.39, 0.29) is 17.7 Å². The van der Waals surface area contributed by atoms with Crippen molar-refractivity contribution in [3.63, 3.8) is 0 Å². The molecule has 0 aromatic heterocycles. The van der Waals surface area contributed by atoms with Crippen LogP contribution in [0.3, 0.4) is 0 Å². The van der Waals surface area contributed by atoms with Crippen LogP contribution >= 0.6 is 11.8 Å². The van der Waals surface area contributed by atoms with E-state index in [9.17, 15) is 9.59 Å². The third kappa shape index (κ3) is 5.64. The molecule has 0 aromatic carbocycles. The first-order valence-corrected chi connectivity index (χ1v) is 5.84. The molecule has 0 aliphatic rings. The van der Waals surface area contributed by atoms with Gasteiger partial charge in [-0.2, -0.15) is 11.8 Å².